The molecule has 0 bridgehead atoms. The summed E-state index contributed by atoms with van der Waals surface area (Å²) in [5, 5.41) is 102. The lowest BCUT2D eigenvalue weighted by Crippen LogP contribution is -2.64. The van der Waals surface area contributed by atoms with Gasteiger partial charge in [0, 0.05) is 66.7 Å². The highest BCUT2D eigenvalue weighted by atomic mass is 19.2. The minimum absolute atomic E-state index is 0.00604. The number of esters is 1. The van der Waals surface area contributed by atoms with E-state index in [1.165, 1.54) is 40.7 Å². The second-order valence-corrected chi connectivity index (χ2v) is 23.4. The summed E-state index contributed by atoms with van der Waals surface area (Å²) in [6.07, 6.45) is -21.6. The molecule has 0 saturated carbocycles. The van der Waals surface area contributed by atoms with Gasteiger partial charge in [-0.2, -0.15) is 4.39 Å². The van der Waals surface area contributed by atoms with Crippen LogP contribution >= 0.6 is 0 Å². The summed E-state index contributed by atoms with van der Waals surface area (Å²) in [6, 6.07) is 3.77. The molecular weight excluding hydrogens is 1300 g/mol. The number of anilines is 1. The topological polar surface area (TPSA) is 498 Å². The van der Waals surface area contributed by atoms with Gasteiger partial charge in [0.05, 0.1) is 41.8 Å². The van der Waals surface area contributed by atoms with Gasteiger partial charge < -0.3 is 105 Å². The molecule has 2 saturated heterocycles. The van der Waals surface area contributed by atoms with Crippen LogP contribution in [0.2, 0.25) is 0 Å². The number of carbonyl (C=O) groups excluding carboxylic acids is 8. The Morgan fingerprint density at radius 3 is 2.15 bits per heavy atom. The molecule has 2 aromatic carbocycles. The number of rotatable bonds is 25. The molecule has 7 heterocycles. The first-order chi connectivity index (χ1) is 45.9. The molecule has 0 spiro atoms. The number of aliphatic carboxylic acids is 2. The Bertz CT molecular complexity index is 3930. The highest BCUT2D eigenvalue weighted by Gasteiger charge is 2.50. The Morgan fingerprint density at radius 1 is 0.835 bits per heavy atom. The van der Waals surface area contributed by atoms with Crippen LogP contribution in [-0.2, 0) is 93.9 Å². The second-order valence-electron chi connectivity index (χ2n) is 23.4. The first kappa shape index (κ1) is 71.6. The number of benzene rings is 2. The number of aromatic nitrogens is 2. The number of pyridine rings is 2. The van der Waals surface area contributed by atoms with E-state index in [0.29, 0.717) is 10.5 Å². The molecule has 13 N–H and O–H groups in total. The van der Waals surface area contributed by atoms with Crippen molar-refractivity contribution >= 4 is 76.0 Å². The molecule has 5 aliphatic rings. The third-order valence-corrected chi connectivity index (χ3v) is 16.9. The number of hydrogen-bond acceptors (Lipinski definition) is 25. The number of ether oxygens (including phenoxy) is 6. The molecule has 2 aromatic heterocycles. The zero-order chi connectivity index (χ0) is 70.8. The molecule has 9 rings (SSSR count). The molecule has 97 heavy (non-hydrogen) atoms. The molecule has 522 valence electrons. The average molecular weight is 1370 g/mol. The molecule has 36 heteroatoms. The van der Waals surface area contributed by atoms with E-state index in [0.717, 1.165) is 25.3 Å². The van der Waals surface area contributed by atoms with Crippen molar-refractivity contribution in [3.05, 3.63) is 92.3 Å². The van der Waals surface area contributed by atoms with Gasteiger partial charge in [0.15, 0.2) is 35.6 Å². The van der Waals surface area contributed by atoms with Crippen LogP contribution < -0.4 is 36.3 Å². The van der Waals surface area contributed by atoms with E-state index in [1.807, 2.05) is 0 Å². The van der Waals surface area contributed by atoms with Crippen molar-refractivity contribution < 1.29 is 131 Å². The number of aliphatic hydroxyl groups excluding tert-OH is 6. The molecule has 34 nitrogen and oxygen atoms in total. The summed E-state index contributed by atoms with van der Waals surface area (Å²) >= 11 is 0. The van der Waals surface area contributed by atoms with Gasteiger partial charge in [-0.3, -0.25) is 38.5 Å². The maximum Gasteiger partial charge on any atom is 0.410 e. The number of carboxylic acids is 2. The average Bonchev–Trinajstić information content (AvgIpc) is 1.60. The van der Waals surface area contributed by atoms with Gasteiger partial charge >= 0.3 is 24.0 Å². The van der Waals surface area contributed by atoms with Gasteiger partial charge in [0.2, 0.25) is 35.7 Å². The Hall–Kier alpha value is -9.66. The van der Waals surface area contributed by atoms with Crippen LogP contribution in [0.15, 0.2) is 47.3 Å². The minimum Gasteiger partial charge on any atom is -0.493 e. The van der Waals surface area contributed by atoms with Crippen LogP contribution in [0.5, 0.6) is 11.5 Å². The zero-order valence-electron chi connectivity index (χ0n) is 52.0. The molecule has 0 unspecified atom stereocenters. The summed E-state index contributed by atoms with van der Waals surface area (Å²) < 4.78 is 64.7. The van der Waals surface area contributed by atoms with E-state index in [9.17, 15) is 98.7 Å². The number of cyclic esters (lactones) is 1. The van der Waals surface area contributed by atoms with Gasteiger partial charge in [-0.15, -0.1) is 0 Å². The first-order valence-electron chi connectivity index (χ1n) is 30.2. The molecule has 0 aliphatic carbocycles. The fourth-order valence-corrected chi connectivity index (χ4v) is 11.6. The number of nitrogens with zero attached hydrogens (tertiary/aromatic N) is 4. The van der Waals surface area contributed by atoms with Crippen molar-refractivity contribution in [3.63, 3.8) is 0 Å². The van der Waals surface area contributed by atoms with Crippen LogP contribution in [0.1, 0.15) is 80.7 Å². The quantitative estimate of drug-likeness (QED) is 0.0208. The van der Waals surface area contributed by atoms with Crippen molar-refractivity contribution in [2.45, 2.75) is 158 Å². The number of aliphatic hydroxyl groups is 7. The third kappa shape index (κ3) is 14.7. The highest BCUT2D eigenvalue weighted by Crippen LogP contribution is 2.44. The van der Waals surface area contributed by atoms with Crippen molar-refractivity contribution in [3.8, 4) is 22.9 Å². The lowest BCUT2D eigenvalue weighted by atomic mass is 9.86. The number of methoxy groups -OCH3 is 1. The predicted molar refractivity (Wildman–Crippen MR) is 318 cm³/mol. The van der Waals surface area contributed by atoms with Crippen LogP contribution in [0.4, 0.5) is 19.3 Å². The minimum atomic E-state index is -2.19. The van der Waals surface area contributed by atoms with Crippen LogP contribution in [0.25, 0.3) is 22.3 Å². The Labute approximate surface area is 546 Å². The molecule has 2 fully saturated rings. The summed E-state index contributed by atoms with van der Waals surface area (Å²) in [4.78, 5) is 149. The number of nitrogens with one attached hydrogen (secondary N) is 4. The van der Waals surface area contributed by atoms with Gasteiger partial charge in [-0.05, 0) is 68.9 Å². The normalized spacial score (nSPS) is 24.4. The molecule has 7 amide bonds. The van der Waals surface area contributed by atoms with Gasteiger partial charge in [0.25, 0.3) is 17.4 Å². The number of hydrogen-bond donors (Lipinski definition) is 13. The van der Waals surface area contributed by atoms with E-state index in [-0.39, 0.29) is 94.8 Å². The molecular formula is C61H68F2N8O26. The van der Waals surface area contributed by atoms with Gasteiger partial charge in [-0.25, -0.2) is 28.6 Å². The van der Waals surface area contributed by atoms with Crippen LogP contribution in [0.3, 0.4) is 0 Å². The highest BCUT2D eigenvalue weighted by molar-refractivity contribution is 6.14. The summed E-state index contributed by atoms with van der Waals surface area (Å²) in [5.74, 6) is -13.5. The number of imide groups is 1. The van der Waals surface area contributed by atoms with E-state index in [4.69, 9.17) is 28.4 Å². The maximum atomic E-state index is 15.6. The Morgan fingerprint density at radius 2 is 1.51 bits per heavy atom. The molecule has 0 radical (unpaired) electrons. The number of halogens is 2. The summed E-state index contributed by atoms with van der Waals surface area (Å²) in [7, 11) is 1.11. The van der Waals surface area contributed by atoms with Gasteiger partial charge in [0.1, 0.15) is 68.2 Å². The van der Waals surface area contributed by atoms with Gasteiger partial charge in [-0.1, -0.05) is 13.0 Å². The largest absolute Gasteiger partial charge is 0.493 e. The van der Waals surface area contributed by atoms with E-state index < -0.39 is 201 Å². The van der Waals surface area contributed by atoms with Crippen LogP contribution in [-0.4, -0.2) is 225 Å². The standard InChI is InChI=1S/C61H68F2N8O26/c1-5-61(91)29-18-34-43-27(20-70(34)55(84)28(29)23-93-59(61)89)26(41-33(67-43)19-30(62)42(63)50(41)92-4)14-16-69(24(2)3)60(90)94-22-25-9-10-35(95-58-49(82)45(78)47(80)52(97-58)57(87)88)32(17-25)66-37(73)13-15-64-53(83)31(65-38(74)21-71-39(75)11-12-40(71)76)7-6-8-36(72)68-54-48(81)44(77)46(79)51(96-54)56(85)86/h9-12,17-19,24,31,44-49,51-52,54,58,77-82,91H,5-8,13-16,20-23H2,1-4H3,(H,64,83)(H,65,74)(H,66,73)(H,68,72)(H,85,86)(H,87,88)/t31-,44-,45-,46-,47-,48+,49+,51-,52-,54+,58+,61-/m0/s1. The lowest BCUT2D eigenvalue weighted by molar-refractivity contribution is -0.271. The van der Waals surface area contributed by atoms with E-state index in [1.54, 1.807) is 13.8 Å². The fourth-order valence-electron chi connectivity index (χ4n) is 11.6. The smallest absolute Gasteiger partial charge is 0.410 e. The zero-order valence-corrected chi connectivity index (χ0v) is 52.0. The second kappa shape index (κ2) is 29.4. The number of amides is 7. The monoisotopic (exact) mass is 1370 g/mol. The van der Waals surface area contributed by atoms with E-state index in [2.05, 4.69) is 26.3 Å². The number of carbonyl (C=O) groups is 10. The Kier molecular flexibility index (Phi) is 21.7. The number of carboxylic acid groups (broad SMARTS) is 2. The van der Waals surface area contributed by atoms with Crippen molar-refractivity contribution in [2.75, 3.05) is 32.1 Å². The Balaban J connectivity index is 0.912. The van der Waals surface area contributed by atoms with Crippen molar-refractivity contribution in [2.24, 2.45) is 0 Å². The van der Waals surface area contributed by atoms with E-state index >= 15 is 8.78 Å². The predicted octanol–water partition coefficient (Wildman–Crippen LogP) is -2.74. The SMILES string of the molecule is CC[C@@]1(O)C(=O)OCc2c1cc1n(c2=O)Cc2c-1nc1cc(F)c(F)c(OC)c1c2CCN(C(=O)OCc1ccc(O[C@@H]2O[C@H](C(=O)O)[C@@H](O)[C@H](O)[C@H]2O)c(NC(=O)CCNC(=O)[C@H](CCCC(=O)N[C@@H]2O[C@H](C(=O)O)[C@@H](O)[C@H](O)[C@H]2O)NC(=O)CN2C(=O)C=CC2=O)c1)C(C)C. The van der Waals surface area contributed by atoms with Crippen molar-refractivity contribution in [1.29, 1.82) is 0 Å². The summed E-state index contributed by atoms with van der Waals surface area (Å²) in [5.41, 5.74) is -2.21. The molecule has 5 aliphatic heterocycles. The lowest BCUT2D eigenvalue weighted by Gasteiger charge is -2.38. The summed E-state index contributed by atoms with van der Waals surface area (Å²) in [6.45, 7) is 2.05. The number of fused-ring (bicyclic) bond motifs is 5. The third-order valence-electron chi connectivity index (χ3n) is 16.9. The first-order valence-corrected chi connectivity index (χ1v) is 30.2. The maximum absolute atomic E-state index is 15.6. The van der Waals surface area contributed by atoms with Crippen molar-refractivity contribution in [1.82, 2.24) is 35.3 Å². The fraction of sp³-hybridized carbons (Fsp3) is 0.475. The molecule has 12 atom stereocenters. The molecule has 4 aromatic rings. The van der Waals surface area contributed by atoms with Crippen LogP contribution in [0, 0.1) is 11.6 Å².